The molecule has 0 amide bonds. The Morgan fingerprint density at radius 3 is 2.85 bits per heavy atom. The molecule has 0 aliphatic carbocycles. The Balaban J connectivity index is 1.79. The molecule has 20 heavy (non-hydrogen) atoms. The largest absolute Gasteiger partial charge is 0.369 e. The molecule has 1 aromatic heterocycles. The number of para-hydroxylation sites is 1. The smallest absolute Gasteiger partial charge is 0.149 e. The maximum absolute atomic E-state index is 4.36. The van der Waals surface area contributed by atoms with E-state index in [9.17, 15) is 0 Å². The van der Waals surface area contributed by atoms with Gasteiger partial charge in [-0.15, -0.1) is 5.10 Å². The molecule has 104 valence electrons. The number of benzene rings is 1. The summed E-state index contributed by atoms with van der Waals surface area (Å²) in [5.74, 6) is 0.889. The van der Waals surface area contributed by atoms with Crippen molar-refractivity contribution in [3.63, 3.8) is 0 Å². The van der Waals surface area contributed by atoms with E-state index in [-0.39, 0.29) is 0 Å². The Labute approximate surface area is 119 Å². The van der Waals surface area contributed by atoms with Gasteiger partial charge in [0.2, 0.25) is 0 Å². The van der Waals surface area contributed by atoms with Crippen molar-refractivity contribution in [3.8, 4) is 0 Å². The lowest BCUT2D eigenvalue weighted by Crippen LogP contribution is -2.31. The van der Waals surface area contributed by atoms with E-state index < -0.39 is 0 Å². The molecule has 1 aromatic carbocycles. The Kier molecular flexibility index (Phi) is 3.81. The van der Waals surface area contributed by atoms with Gasteiger partial charge in [-0.1, -0.05) is 25.1 Å². The van der Waals surface area contributed by atoms with Crippen LogP contribution in [0.3, 0.4) is 0 Å². The molecular weight excluding hydrogens is 248 g/mol. The van der Waals surface area contributed by atoms with Gasteiger partial charge in [-0.25, -0.2) is 0 Å². The zero-order valence-electron chi connectivity index (χ0n) is 11.8. The lowest BCUT2D eigenvalue weighted by atomic mass is 10.1. The van der Waals surface area contributed by atoms with Crippen molar-refractivity contribution in [2.75, 3.05) is 23.3 Å². The summed E-state index contributed by atoms with van der Waals surface area (Å²) in [4.78, 5) is 2.40. The summed E-state index contributed by atoms with van der Waals surface area (Å²) in [7, 11) is 0. The van der Waals surface area contributed by atoms with Gasteiger partial charge in [0, 0.05) is 31.7 Å². The molecule has 4 nitrogen and oxygen atoms in total. The summed E-state index contributed by atoms with van der Waals surface area (Å²) in [5.41, 5.74) is 3.70. The molecule has 1 N–H and O–H groups in total. The van der Waals surface area contributed by atoms with Crippen LogP contribution in [-0.4, -0.2) is 23.3 Å². The predicted molar refractivity (Wildman–Crippen MR) is 82.0 cm³/mol. The first-order chi connectivity index (χ1) is 9.86. The molecule has 2 heterocycles. The van der Waals surface area contributed by atoms with Crippen molar-refractivity contribution >= 4 is 11.5 Å². The van der Waals surface area contributed by atoms with Crippen molar-refractivity contribution in [1.82, 2.24) is 10.2 Å². The molecule has 0 unspecified atom stereocenters. The summed E-state index contributed by atoms with van der Waals surface area (Å²) in [5, 5.41) is 11.9. The minimum Gasteiger partial charge on any atom is -0.369 e. The average Bonchev–Trinajstić information content (AvgIpc) is 2.53. The average molecular weight is 268 g/mol. The summed E-state index contributed by atoms with van der Waals surface area (Å²) in [6, 6.07) is 12.7. The fourth-order valence-electron chi connectivity index (χ4n) is 2.53. The molecule has 0 saturated carbocycles. The number of nitrogens with zero attached hydrogens (tertiary/aromatic N) is 3. The standard InChI is InChI=1S/C16H20N4/c1-2-9-17-16-11-13-12-20(10-8-15(13)18-19-16)14-6-4-3-5-7-14/h3-7,11H,2,8-10,12H2,1H3,(H,17,19). The summed E-state index contributed by atoms with van der Waals surface area (Å²) < 4.78 is 0. The number of nitrogens with one attached hydrogen (secondary N) is 1. The van der Waals surface area contributed by atoms with Crippen LogP contribution >= 0.6 is 0 Å². The lowest BCUT2D eigenvalue weighted by molar-refractivity contribution is 0.696. The number of hydrogen-bond acceptors (Lipinski definition) is 4. The zero-order valence-corrected chi connectivity index (χ0v) is 11.8. The summed E-state index contributed by atoms with van der Waals surface area (Å²) in [6.45, 7) is 5.01. The molecule has 0 saturated heterocycles. The van der Waals surface area contributed by atoms with Crippen LogP contribution in [0.15, 0.2) is 36.4 Å². The molecule has 0 radical (unpaired) electrons. The van der Waals surface area contributed by atoms with E-state index in [1.165, 1.54) is 11.3 Å². The van der Waals surface area contributed by atoms with Gasteiger partial charge in [0.05, 0.1) is 5.69 Å². The molecule has 0 atom stereocenters. The number of anilines is 2. The zero-order chi connectivity index (χ0) is 13.8. The van der Waals surface area contributed by atoms with E-state index in [0.29, 0.717) is 0 Å². The van der Waals surface area contributed by atoms with Crippen LogP contribution in [0, 0.1) is 0 Å². The Morgan fingerprint density at radius 2 is 2.05 bits per heavy atom. The van der Waals surface area contributed by atoms with Crippen LogP contribution in [0.4, 0.5) is 11.5 Å². The lowest BCUT2D eigenvalue weighted by Gasteiger charge is -2.30. The van der Waals surface area contributed by atoms with E-state index in [0.717, 1.165) is 44.0 Å². The fourth-order valence-corrected chi connectivity index (χ4v) is 2.53. The molecule has 1 aliphatic heterocycles. The van der Waals surface area contributed by atoms with Crippen LogP contribution in [0.25, 0.3) is 0 Å². The highest BCUT2D eigenvalue weighted by Gasteiger charge is 2.18. The molecular formula is C16H20N4. The minimum atomic E-state index is 0.889. The molecule has 0 fully saturated rings. The third-order valence-electron chi connectivity index (χ3n) is 3.62. The van der Waals surface area contributed by atoms with Crippen molar-refractivity contribution in [1.29, 1.82) is 0 Å². The molecule has 4 heteroatoms. The van der Waals surface area contributed by atoms with Gasteiger partial charge in [-0.2, -0.15) is 5.10 Å². The Bertz CT molecular complexity index is 568. The Morgan fingerprint density at radius 1 is 1.20 bits per heavy atom. The SMILES string of the molecule is CCCNc1cc2c(nn1)CCN(c1ccccc1)C2. The maximum atomic E-state index is 4.36. The minimum absolute atomic E-state index is 0.889. The van der Waals surface area contributed by atoms with Crippen LogP contribution in [0.5, 0.6) is 0 Å². The van der Waals surface area contributed by atoms with E-state index in [1.807, 2.05) is 0 Å². The van der Waals surface area contributed by atoms with Gasteiger partial charge in [-0.05, 0) is 30.2 Å². The molecule has 1 aliphatic rings. The second-order valence-corrected chi connectivity index (χ2v) is 5.14. The van der Waals surface area contributed by atoms with Gasteiger partial charge in [-0.3, -0.25) is 0 Å². The van der Waals surface area contributed by atoms with Gasteiger partial charge in [0.25, 0.3) is 0 Å². The van der Waals surface area contributed by atoms with Crippen LogP contribution < -0.4 is 10.2 Å². The maximum Gasteiger partial charge on any atom is 0.149 e. The number of aromatic nitrogens is 2. The molecule has 0 bridgehead atoms. The van der Waals surface area contributed by atoms with Crippen LogP contribution in [-0.2, 0) is 13.0 Å². The highest BCUT2D eigenvalue weighted by Crippen LogP contribution is 2.23. The highest BCUT2D eigenvalue weighted by atomic mass is 15.2. The number of rotatable bonds is 4. The second-order valence-electron chi connectivity index (χ2n) is 5.14. The second kappa shape index (κ2) is 5.90. The van der Waals surface area contributed by atoms with E-state index in [1.54, 1.807) is 0 Å². The van der Waals surface area contributed by atoms with E-state index >= 15 is 0 Å². The van der Waals surface area contributed by atoms with E-state index in [4.69, 9.17) is 0 Å². The van der Waals surface area contributed by atoms with Crippen LogP contribution in [0.1, 0.15) is 24.6 Å². The first kappa shape index (κ1) is 12.9. The first-order valence-electron chi connectivity index (χ1n) is 7.26. The fraction of sp³-hybridized carbons (Fsp3) is 0.375. The summed E-state index contributed by atoms with van der Waals surface area (Å²) >= 11 is 0. The molecule has 0 spiro atoms. The normalized spacial score (nSPS) is 13.9. The quantitative estimate of drug-likeness (QED) is 0.925. The van der Waals surface area contributed by atoms with Crippen molar-refractivity contribution in [2.45, 2.75) is 26.3 Å². The number of hydrogen-bond donors (Lipinski definition) is 1. The third-order valence-corrected chi connectivity index (χ3v) is 3.62. The molecule has 3 rings (SSSR count). The highest BCUT2D eigenvalue weighted by molar-refractivity contribution is 5.50. The Hall–Kier alpha value is -2.10. The van der Waals surface area contributed by atoms with Crippen molar-refractivity contribution < 1.29 is 0 Å². The first-order valence-corrected chi connectivity index (χ1v) is 7.26. The molecule has 2 aromatic rings. The van der Waals surface area contributed by atoms with E-state index in [2.05, 4.69) is 63.7 Å². The van der Waals surface area contributed by atoms with Gasteiger partial charge in [0.1, 0.15) is 5.82 Å². The summed E-state index contributed by atoms with van der Waals surface area (Å²) in [6.07, 6.45) is 2.06. The van der Waals surface area contributed by atoms with Crippen molar-refractivity contribution in [2.24, 2.45) is 0 Å². The topological polar surface area (TPSA) is 41.1 Å². The van der Waals surface area contributed by atoms with Gasteiger partial charge in [0.15, 0.2) is 0 Å². The van der Waals surface area contributed by atoms with Crippen LogP contribution in [0.2, 0.25) is 0 Å². The monoisotopic (exact) mass is 268 g/mol. The van der Waals surface area contributed by atoms with Gasteiger partial charge < -0.3 is 10.2 Å². The predicted octanol–water partition coefficient (Wildman–Crippen LogP) is 2.86. The van der Waals surface area contributed by atoms with Gasteiger partial charge >= 0.3 is 0 Å². The number of fused-ring (bicyclic) bond motifs is 1. The third kappa shape index (κ3) is 2.74. The van der Waals surface area contributed by atoms with Crippen molar-refractivity contribution in [3.05, 3.63) is 47.7 Å².